The first-order valence-corrected chi connectivity index (χ1v) is 7.20. The Bertz CT molecular complexity index is 711. The summed E-state index contributed by atoms with van der Waals surface area (Å²) in [6, 6.07) is 11.3. The van der Waals surface area contributed by atoms with Gasteiger partial charge >= 0.3 is 0 Å². The number of rotatable bonds is 6. The van der Waals surface area contributed by atoms with Crippen LogP contribution in [0.2, 0.25) is 0 Å². The largest absolute Gasteiger partial charge is 0.491 e. The molecule has 0 fully saturated rings. The zero-order valence-corrected chi connectivity index (χ0v) is 13.0. The number of hydrogen-bond acceptors (Lipinski definition) is 4. The Balaban J connectivity index is 1.83. The highest BCUT2D eigenvalue weighted by molar-refractivity contribution is 5.94. The Morgan fingerprint density at radius 3 is 2.52 bits per heavy atom. The van der Waals surface area contributed by atoms with Crippen molar-refractivity contribution in [3.63, 3.8) is 0 Å². The molecule has 0 bridgehead atoms. The molecule has 0 saturated heterocycles. The number of benzene rings is 2. The lowest BCUT2D eigenvalue weighted by atomic mass is 10.1. The Labute approximate surface area is 134 Å². The van der Waals surface area contributed by atoms with Gasteiger partial charge in [0.25, 0.3) is 11.6 Å². The maximum Gasteiger partial charge on any atom is 0.269 e. The van der Waals surface area contributed by atoms with Gasteiger partial charge in [-0.1, -0.05) is 12.1 Å². The molecule has 0 spiro atoms. The highest BCUT2D eigenvalue weighted by Crippen LogP contribution is 2.20. The molecule has 0 atom stereocenters. The molecule has 6 nitrogen and oxygen atoms in total. The Morgan fingerprint density at radius 1 is 1.17 bits per heavy atom. The van der Waals surface area contributed by atoms with Crippen LogP contribution in [0.1, 0.15) is 21.5 Å². The van der Waals surface area contributed by atoms with Crippen molar-refractivity contribution in [2.75, 3.05) is 13.2 Å². The van der Waals surface area contributed by atoms with E-state index in [-0.39, 0.29) is 11.6 Å². The molecular formula is C17H18N2O4. The molecule has 23 heavy (non-hydrogen) atoms. The molecule has 0 unspecified atom stereocenters. The zero-order chi connectivity index (χ0) is 16.8. The van der Waals surface area contributed by atoms with E-state index >= 15 is 0 Å². The minimum absolute atomic E-state index is 0.0418. The molecule has 2 aromatic carbocycles. The number of nitro groups is 1. The number of aryl methyl sites for hydroxylation is 1. The molecule has 0 heterocycles. The van der Waals surface area contributed by atoms with E-state index in [2.05, 4.69) is 5.32 Å². The third-order valence-corrected chi connectivity index (χ3v) is 3.54. The lowest BCUT2D eigenvalue weighted by Crippen LogP contribution is -2.28. The molecule has 0 aromatic heterocycles. The number of carbonyl (C=O) groups excluding carboxylic acids is 1. The molecule has 0 aliphatic rings. The standard InChI is InChI=1S/C17H18N2O4/c1-12-4-3-5-16(13(12)2)23-11-10-18-17(20)14-6-8-15(9-7-14)19(21)22/h3-9H,10-11H2,1-2H3,(H,18,20). The third kappa shape index (κ3) is 4.29. The summed E-state index contributed by atoms with van der Waals surface area (Å²) >= 11 is 0. The lowest BCUT2D eigenvalue weighted by molar-refractivity contribution is -0.384. The minimum Gasteiger partial charge on any atom is -0.491 e. The van der Waals surface area contributed by atoms with E-state index in [1.807, 2.05) is 32.0 Å². The van der Waals surface area contributed by atoms with Crippen LogP contribution < -0.4 is 10.1 Å². The highest BCUT2D eigenvalue weighted by Gasteiger charge is 2.09. The van der Waals surface area contributed by atoms with Crippen LogP contribution in [0.15, 0.2) is 42.5 Å². The van der Waals surface area contributed by atoms with Gasteiger partial charge in [0, 0.05) is 17.7 Å². The van der Waals surface area contributed by atoms with E-state index in [1.54, 1.807) is 0 Å². The summed E-state index contributed by atoms with van der Waals surface area (Å²) in [6.07, 6.45) is 0. The maximum atomic E-state index is 11.9. The van der Waals surface area contributed by atoms with Crippen molar-refractivity contribution in [3.8, 4) is 5.75 Å². The predicted molar refractivity (Wildman–Crippen MR) is 86.8 cm³/mol. The van der Waals surface area contributed by atoms with Crippen molar-refractivity contribution in [1.29, 1.82) is 0 Å². The fourth-order valence-electron chi connectivity index (χ4n) is 2.04. The van der Waals surface area contributed by atoms with Gasteiger partial charge in [-0.2, -0.15) is 0 Å². The number of carbonyl (C=O) groups is 1. The number of nitrogens with zero attached hydrogens (tertiary/aromatic N) is 1. The van der Waals surface area contributed by atoms with Gasteiger partial charge in [-0.25, -0.2) is 0 Å². The molecule has 1 amide bonds. The minimum atomic E-state index is -0.500. The van der Waals surface area contributed by atoms with Gasteiger partial charge in [-0.3, -0.25) is 14.9 Å². The van der Waals surface area contributed by atoms with Crippen molar-refractivity contribution < 1.29 is 14.5 Å². The van der Waals surface area contributed by atoms with Gasteiger partial charge < -0.3 is 10.1 Å². The first-order chi connectivity index (χ1) is 11.0. The van der Waals surface area contributed by atoms with E-state index in [9.17, 15) is 14.9 Å². The van der Waals surface area contributed by atoms with Crippen LogP contribution in [0, 0.1) is 24.0 Å². The van der Waals surface area contributed by atoms with Gasteiger partial charge in [-0.05, 0) is 43.2 Å². The number of non-ortho nitro benzene ring substituents is 1. The second kappa shape index (κ2) is 7.40. The fraction of sp³-hybridized carbons (Fsp3) is 0.235. The van der Waals surface area contributed by atoms with Gasteiger partial charge in [-0.15, -0.1) is 0 Å². The van der Waals surface area contributed by atoms with Crippen LogP contribution >= 0.6 is 0 Å². The van der Waals surface area contributed by atoms with E-state index in [1.165, 1.54) is 24.3 Å². The van der Waals surface area contributed by atoms with Crippen LogP contribution in [0.25, 0.3) is 0 Å². The summed E-state index contributed by atoms with van der Waals surface area (Å²) in [5.41, 5.74) is 2.56. The molecule has 6 heteroatoms. The number of ether oxygens (including phenoxy) is 1. The number of hydrogen-bond donors (Lipinski definition) is 1. The van der Waals surface area contributed by atoms with Gasteiger partial charge in [0.2, 0.25) is 0 Å². The summed E-state index contributed by atoms with van der Waals surface area (Å²) in [6.45, 7) is 4.70. The molecule has 0 aliphatic carbocycles. The summed E-state index contributed by atoms with van der Waals surface area (Å²) in [4.78, 5) is 22.0. The summed E-state index contributed by atoms with van der Waals surface area (Å²) in [5.74, 6) is 0.513. The van der Waals surface area contributed by atoms with Crippen molar-refractivity contribution in [2.24, 2.45) is 0 Å². The van der Waals surface area contributed by atoms with E-state index in [4.69, 9.17) is 4.74 Å². The second-order valence-corrected chi connectivity index (χ2v) is 5.11. The van der Waals surface area contributed by atoms with Crippen LogP contribution in [-0.4, -0.2) is 24.0 Å². The average Bonchev–Trinajstić information content (AvgIpc) is 2.55. The van der Waals surface area contributed by atoms with Crippen molar-refractivity contribution in [1.82, 2.24) is 5.32 Å². The van der Waals surface area contributed by atoms with E-state index in [0.717, 1.165) is 16.9 Å². The maximum absolute atomic E-state index is 11.9. The first-order valence-electron chi connectivity index (χ1n) is 7.20. The molecular weight excluding hydrogens is 296 g/mol. The molecule has 0 radical (unpaired) electrons. The van der Waals surface area contributed by atoms with Crippen LogP contribution in [0.5, 0.6) is 5.75 Å². The van der Waals surface area contributed by atoms with Crippen molar-refractivity contribution in [3.05, 3.63) is 69.3 Å². The van der Waals surface area contributed by atoms with Crippen molar-refractivity contribution >= 4 is 11.6 Å². The molecule has 1 N–H and O–H groups in total. The normalized spacial score (nSPS) is 10.2. The third-order valence-electron chi connectivity index (χ3n) is 3.54. The summed E-state index contributed by atoms with van der Waals surface area (Å²) in [7, 11) is 0. The number of amides is 1. The zero-order valence-electron chi connectivity index (χ0n) is 13.0. The first kappa shape index (κ1) is 16.5. The molecule has 120 valence electrons. The monoisotopic (exact) mass is 314 g/mol. The fourth-order valence-corrected chi connectivity index (χ4v) is 2.04. The topological polar surface area (TPSA) is 81.5 Å². The molecule has 0 aliphatic heterocycles. The highest BCUT2D eigenvalue weighted by atomic mass is 16.6. The Morgan fingerprint density at radius 2 is 1.87 bits per heavy atom. The van der Waals surface area contributed by atoms with Gasteiger partial charge in [0.15, 0.2) is 0 Å². The summed E-state index contributed by atoms with van der Waals surface area (Å²) in [5, 5.41) is 13.3. The average molecular weight is 314 g/mol. The number of nitro benzene ring substituents is 1. The van der Waals surface area contributed by atoms with E-state index in [0.29, 0.717) is 18.7 Å². The Hall–Kier alpha value is -2.89. The smallest absolute Gasteiger partial charge is 0.269 e. The number of nitrogens with one attached hydrogen (secondary N) is 1. The molecule has 0 saturated carbocycles. The lowest BCUT2D eigenvalue weighted by Gasteiger charge is -2.11. The molecule has 2 rings (SSSR count). The van der Waals surface area contributed by atoms with E-state index < -0.39 is 4.92 Å². The van der Waals surface area contributed by atoms with Gasteiger partial charge in [0.1, 0.15) is 12.4 Å². The summed E-state index contributed by atoms with van der Waals surface area (Å²) < 4.78 is 5.65. The molecule has 2 aromatic rings. The van der Waals surface area contributed by atoms with Crippen LogP contribution in [0.4, 0.5) is 5.69 Å². The second-order valence-electron chi connectivity index (χ2n) is 5.11. The van der Waals surface area contributed by atoms with Gasteiger partial charge in [0.05, 0.1) is 11.5 Å². The quantitative estimate of drug-likeness (QED) is 0.505. The Kier molecular flexibility index (Phi) is 5.30. The predicted octanol–water partition coefficient (Wildman–Crippen LogP) is 3.02. The van der Waals surface area contributed by atoms with Crippen LogP contribution in [-0.2, 0) is 0 Å². The van der Waals surface area contributed by atoms with Crippen molar-refractivity contribution in [2.45, 2.75) is 13.8 Å². The SMILES string of the molecule is Cc1cccc(OCCNC(=O)c2ccc([N+](=O)[O-])cc2)c1C. The van der Waals surface area contributed by atoms with Crippen LogP contribution in [0.3, 0.4) is 0 Å².